The van der Waals surface area contributed by atoms with E-state index in [1.54, 1.807) is 36.1 Å². The first-order chi connectivity index (χ1) is 11.1. The molecule has 1 amide bonds. The van der Waals surface area contributed by atoms with Crippen LogP contribution in [0, 0.1) is 17.0 Å². The normalized spacial score (nSPS) is 14.8. The molecule has 0 spiro atoms. The lowest BCUT2D eigenvalue weighted by Crippen LogP contribution is -2.48. The van der Waals surface area contributed by atoms with E-state index >= 15 is 0 Å². The monoisotopic (exact) mass is 316 g/mol. The molecule has 0 unspecified atom stereocenters. The van der Waals surface area contributed by atoms with Crippen LogP contribution < -0.4 is 4.90 Å². The van der Waals surface area contributed by atoms with Gasteiger partial charge in [-0.25, -0.2) is 0 Å². The van der Waals surface area contributed by atoms with Crippen molar-refractivity contribution >= 4 is 17.3 Å². The molecule has 1 fully saturated rings. The van der Waals surface area contributed by atoms with Crippen molar-refractivity contribution < 1.29 is 14.2 Å². The minimum absolute atomic E-state index is 0.0816. The van der Waals surface area contributed by atoms with Crippen molar-refractivity contribution in [1.29, 1.82) is 0 Å². The summed E-state index contributed by atoms with van der Waals surface area (Å²) in [6.07, 6.45) is 0. The quantitative estimate of drug-likeness (QED) is 0.634. The third-order valence-corrected chi connectivity index (χ3v) is 3.82. The van der Waals surface area contributed by atoms with Crippen LogP contribution in [0.1, 0.15) is 16.2 Å². The van der Waals surface area contributed by atoms with Gasteiger partial charge < -0.3 is 14.3 Å². The first-order valence-corrected chi connectivity index (χ1v) is 7.27. The fourth-order valence-corrected chi connectivity index (χ4v) is 2.66. The van der Waals surface area contributed by atoms with Crippen molar-refractivity contribution in [3.8, 4) is 0 Å². The van der Waals surface area contributed by atoms with E-state index in [2.05, 4.69) is 5.16 Å². The Hall–Kier alpha value is -2.90. The van der Waals surface area contributed by atoms with Crippen molar-refractivity contribution in [2.24, 2.45) is 0 Å². The summed E-state index contributed by atoms with van der Waals surface area (Å²) in [4.78, 5) is 26.6. The van der Waals surface area contributed by atoms with Gasteiger partial charge >= 0.3 is 0 Å². The fraction of sp³-hybridized carbons (Fsp3) is 0.333. The standard InChI is InChI=1S/C15H16N4O4/c1-11-10-14(23-16-11)15(20)18-8-6-17(7-9-18)12-4-2-3-5-13(12)19(21)22/h2-5,10H,6-9H2,1H3. The molecule has 0 N–H and O–H groups in total. The number of anilines is 1. The number of aromatic nitrogens is 1. The molecule has 0 radical (unpaired) electrons. The topological polar surface area (TPSA) is 92.7 Å². The van der Waals surface area contributed by atoms with Crippen LogP contribution in [0.25, 0.3) is 0 Å². The second-order valence-corrected chi connectivity index (χ2v) is 5.36. The van der Waals surface area contributed by atoms with Gasteiger partial charge in [0.2, 0.25) is 5.76 Å². The van der Waals surface area contributed by atoms with Crippen LogP contribution in [0.2, 0.25) is 0 Å². The van der Waals surface area contributed by atoms with Gasteiger partial charge in [0.15, 0.2) is 0 Å². The number of rotatable bonds is 3. The molecule has 1 saturated heterocycles. The summed E-state index contributed by atoms with van der Waals surface area (Å²) in [5.74, 6) is 0.0226. The van der Waals surface area contributed by atoms with Crippen molar-refractivity contribution in [2.45, 2.75) is 6.92 Å². The highest BCUT2D eigenvalue weighted by Crippen LogP contribution is 2.28. The molecule has 0 atom stereocenters. The number of aryl methyl sites for hydroxylation is 1. The molecular weight excluding hydrogens is 300 g/mol. The molecule has 2 aromatic rings. The molecule has 1 aliphatic heterocycles. The maximum absolute atomic E-state index is 12.3. The van der Waals surface area contributed by atoms with Crippen molar-refractivity contribution in [3.63, 3.8) is 0 Å². The number of amides is 1. The van der Waals surface area contributed by atoms with E-state index < -0.39 is 0 Å². The first-order valence-electron chi connectivity index (χ1n) is 7.27. The van der Waals surface area contributed by atoms with Gasteiger partial charge in [-0.1, -0.05) is 17.3 Å². The number of para-hydroxylation sites is 2. The molecule has 2 heterocycles. The third kappa shape index (κ3) is 3.01. The summed E-state index contributed by atoms with van der Waals surface area (Å²) in [6, 6.07) is 8.25. The number of benzene rings is 1. The summed E-state index contributed by atoms with van der Waals surface area (Å²) in [6.45, 7) is 3.77. The van der Waals surface area contributed by atoms with Crippen LogP contribution in [0.4, 0.5) is 11.4 Å². The number of piperazine rings is 1. The highest BCUT2D eigenvalue weighted by Gasteiger charge is 2.27. The smallest absolute Gasteiger partial charge is 0.292 e. The van der Waals surface area contributed by atoms with E-state index in [-0.39, 0.29) is 22.3 Å². The van der Waals surface area contributed by atoms with Gasteiger partial charge in [-0.15, -0.1) is 0 Å². The number of nitro groups is 1. The Morgan fingerprint density at radius 1 is 1.26 bits per heavy atom. The summed E-state index contributed by atoms with van der Waals surface area (Å²) in [5.41, 5.74) is 1.32. The summed E-state index contributed by atoms with van der Waals surface area (Å²) in [5, 5.41) is 14.8. The van der Waals surface area contributed by atoms with Crippen molar-refractivity contribution in [2.75, 3.05) is 31.1 Å². The van der Waals surface area contributed by atoms with Gasteiger partial charge in [0.05, 0.1) is 10.6 Å². The van der Waals surface area contributed by atoms with E-state index in [1.807, 2.05) is 4.90 Å². The van der Waals surface area contributed by atoms with E-state index in [0.717, 1.165) is 0 Å². The highest BCUT2D eigenvalue weighted by molar-refractivity contribution is 5.91. The van der Waals surface area contributed by atoms with Gasteiger partial charge in [-0.3, -0.25) is 14.9 Å². The van der Waals surface area contributed by atoms with Crippen LogP contribution in [0.15, 0.2) is 34.9 Å². The molecule has 0 saturated carbocycles. The van der Waals surface area contributed by atoms with E-state index in [4.69, 9.17) is 4.52 Å². The second kappa shape index (κ2) is 6.07. The van der Waals surface area contributed by atoms with Crippen LogP contribution in [0.3, 0.4) is 0 Å². The second-order valence-electron chi connectivity index (χ2n) is 5.36. The Labute approximate surface area is 132 Å². The summed E-state index contributed by atoms with van der Waals surface area (Å²) < 4.78 is 5.00. The van der Waals surface area contributed by atoms with Gasteiger partial charge in [0, 0.05) is 38.3 Å². The minimum Gasteiger partial charge on any atom is -0.362 e. The molecule has 8 nitrogen and oxygen atoms in total. The predicted octanol–water partition coefficient (Wildman–Crippen LogP) is 1.85. The number of hydrogen-bond donors (Lipinski definition) is 0. The van der Waals surface area contributed by atoms with Crippen LogP contribution in [-0.4, -0.2) is 47.1 Å². The number of carbonyl (C=O) groups excluding carboxylic acids is 1. The molecule has 120 valence electrons. The Bertz CT molecular complexity index is 735. The Morgan fingerprint density at radius 3 is 2.57 bits per heavy atom. The summed E-state index contributed by atoms with van der Waals surface area (Å²) >= 11 is 0. The molecule has 0 aliphatic carbocycles. The van der Waals surface area contributed by atoms with Gasteiger partial charge in [0.25, 0.3) is 11.6 Å². The number of nitro benzene ring substituents is 1. The van der Waals surface area contributed by atoms with E-state index in [9.17, 15) is 14.9 Å². The predicted molar refractivity (Wildman–Crippen MR) is 82.5 cm³/mol. The number of hydrogen-bond acceptors (Lipinski definition) is 6. The molecular formula is C15H16N4O4. The first kappa shape index (κ1) is 15.0. The zero-order valence-corrected chi connectivity index (χ0v) is 12.6. The van der Waals surface area contributed by atoms with Crippen molar-refractivity contribution in [1.82, 2.24) is 10.1 Å². The Balaban J connectivity index is 1.69. The number of nitrogens with zero attached hydrogens (tertiary/aromatic N) is 4. The lowest BCUT2D eigenvalue weighted by atomic mass is 10.2. The molecule has 3 rings (SSSR count). The Kier molecular flexibility index (Phi) is 3.96. The van der Waals surface area contributed by atoms with Gasteiger partial charge in [0.1, 0.15) is 5.69 Å². The lowest BCUT2D eigenvalue weighted by Gasteiger charge is -2.35. The molecule has 23 heavy (non-hydrogen) atoms. The summed E-state index contributed by atoms with van der Waals surface area (Å²) in [7, 11) is 0. The SMILES string of the molecule is Cc1cc(C(=O)N2CCN(c3ccccc3[N+](=O)[O-])CC2)on1. The average molecular weight is 316 g/mol. The molecule has 1 aromatic heterocycles. The van der Waals surface area contributed by atoms with E-state index in [0.29, 0.717) is 37.6 Å². The Morgan fingerprint density at radius 2 is 1.96 bits per heavy atom. The zero-order chi connectivity index (χ0) is 16.4. The minimum atomic E-state index is -0.385. The molecule has 1 aromatic carbocycles. The van der Waals surface area contributed by atoms with E-state index in [1.165, 1.54) is 6.07 Å². The van der Waals surface area contributed by atoms with Crippen LogP contribution >= 0.6 is 0 Å². The molecule has 8 heteroatoms. The molecule has 0 bridgehead atoms. The van der Waals surface area contributed by atoms with Crippen LogP contribution in [-0.2, 0) is 0 Å². The van der Waals surface area contributed by atoms with Crippen molar-refractivity contribution in [3.05, 3.63) is 51.9 Å². The zero-order valence-electron chi connectivity index (χ0n) is 12.6. The maximum atomic E-state index is 12.3. The van der Waals surface area contributed by atoms with Gasteiger partial charge in [-0.2, -0.15) is 0 Å². The average Bonchev–Trinajstić information content (AvgIpc) is 3.01. The molecule has 1 aliphatic rings. The third-order valence-electron chi connectivity index (χ3n) is 3.82. The maximum Gasteiger partial charge on any atom is 0.292 e. The lowest BCUT2D eigenvalue weighted by molar-refractivity contribution is -0.384. The van der Waals surface area contributed by atoms with Crippen LogP contribution in [0.5, 0.6) is 0 Å². The number of carbonyl (C=O) groups is 1. The largest absolute Gasteiger partial charge is 0.362 e. The van der Waals surface area contributed by atoms with Gasteiger partial charge in [-0.05, 0) is 13.0 Å². The highest BCUT2D eigenvalue weighted by atomic mass is 16.6. The fourth-order valence-electron chi connectivity index (χ4n) is 2.66.